The van der Waals surface area contributed by atoms with Crippen LogP contribution in [0.25, 0.3) is 0 Å². The smallest absolute Gasteiger partial charge is 0.238 e. The van der Waals surface area contributed by atoms with Crippen molar-refractivity contribution in [3.8, 4) is 5.75 Å². The molecular weight excluding hydrogens is 302 g/mol. The third-order valence-electron chi connectivity index (χ3n) is 4.74. The number of imide groups is 1. The van der Waals surface area contributed by atoms with Crippen molar-refractivity contribution < 1.29 is 14.3 Å². The van der Waals surface area contributed by atoms with Crippen LogP contribution in [0, 0.1) is 11.8 Å². The number of halogens is 1. The van der Waals surface area contributed by atoms with Gasteiger partial charge in [0.15, 0.2) is 0 Å². The van der Waals surface area contributed by atoms with E-state index in [0.29, 0.717) is 29.3 Å². The molecule has 2 amide bonds. The summed E-state index contributed by atoms with van der Waals surface area (Å²) in [4.78, 5) is 26.6. The maximum absolute atomic E-state index is 12.7. The number of anilines is 1. The number of hydrogen-bond acceptors (Lipinski definition) is 3. The highest BCUT2D eigenvalue weighted by Gasteiger charge is 2.49. The van der Waals surface area contributed by atoms with Crippen molar-refractivity contribution in [1.82, 2.24) is 0 Å². The minimum Gasteiger partial charge on any atom is -0.495 e. The van der Waals surface area contributed by atoms with Crippen LogP contribution in [-0.2, 0) is 9.59 Å². The molecule has 0 N–H and O–H groups in total. The summed E-state index contributed by atoms with van der Waals surface area (Å²) in [6, 6.07) is 4.99. The summed E-state index contributed by atoms with van der Waals surface area (Å²) >= 11 is 6.12. The molecule has 22 heavy (non-hydrogen) atoms. The SMILES string of the molecule is COc1ccc(N2C(=O)[C@H]3CC(C)=C(C)C[C@@H]3C2=O)cc1Cl. The highest BCUT2D eigenvalue weighted by atomic mass is 35.5. The number of nitrogens with zero attached hydrogens (tertiary/aromatic N) is 1. The van der Waals surface area contributed by atoms with E-state index < -0.39 is 0 Å². The van der Waals surface area contributed by atoms with Crippen LogP contribution in [0.15, 0.2) is 29.3 Å². The number of hydrogen-bond donors (Lipinski definition) is 0. The third kappa shape index (κ3) is 2.22. The summed E-state index contributed by atoms with van der Waals surface area (Å²) in [5.41, 5.74) is 2.96. The average molecular weight is 320 g/mol. The monoisotopic (exact) mass is 319 g/mol. The van der Waals surface area contributed by atoms with Crippen molar-refractivity contribution in [2.75, 3.05) is 12.0 Å². The van der Waals surface area contributed by atoms with Gasteiger partial charge in [-0.1, -0.05) is 22.7 Å². The molecule has 2 aliphatic rings. The molecule has 1 fully saturated rings. The largest absolute Gasteiger partial charge is 0.495 e. The topological polar surface area (TPSA) is 46.6 Å². The molecule has 1 heterocycles. The van der Waals surface area contributed by atoms with E-state index in [-0.39, 0.29) is 23.7 Å². The molecule has 1 aliphatic heterocycles. The fraction of sp³-hybridized carbons (Fsp3) is 0.412. The molecule has 4 nitrogen and oxygen atoms in total. The van der Waals surface area contributed by atoms with E-state index in [1.165, 1.54) is 23.2 Å². The average Bonchev–Trinajstić information content (AvgIpc) is 2.71. The summed E-state index contributed by atoms with van der Waals surface area (Å²) in [7, 11) is 1.53. The standard InChI is InChI=1S/C17H18ClNO3/c1-9-6-12-13(7-10(9)2)17(21)19(16(12)20)11-4-5-15(22-3)14(18)8-11/h4-5,8,12-13H,6-7H2,1-3H3/t12-,13-/m0/s1. The molecule has 0 saturated carbocycles. The zero-order valence-electron chi connectivity index (χ0n) is 12.9. The second-order valence-corrected chi connectivity index (χ2v) is 6.42. The molecule has 0 aromatic heterocycles. The fourth-order valence-electron chi connectivity index (χ4n) is 3.30. The van der Waals surface area contributed by atoms with Crippen molar-refractivity contribution in [2.45, 2.75) is 26.7 Å². The minimum atomic E-state index is -0.239. The predicted molar refractivity (Wildman–Crippen MR) is 85.1 cm³/mol. The van der Waals surface area contributed by atoms with Crippen LogP contribution in [-0.4, -0.2) is 18.9 Å². The van der Waals surface area contributed by atoms with Gasteiger partial charge in [0.2, 0.25) is 11.8 Å². The number of ether oxygens (including phenoxy) is 1. The summed E-state index contributed by atoms with van der Waals surface area (Å²) in [6.45, 7) is 4.08. The van der Waals surface area contributed by atoms with Gasteiger partial charge in [-0.3, -0.25) is 9.59 Å². The number of fused-ring (bicyclic) bond motifs is 1. The lowest BCUT2D eigenvalue weighted by Crippen LogP contribution is -2.30. The van der Waals surface area contributed by atoms with Crippen LogP contribution in [0.5, 0.6) is 5.75 Å². The van der Waals surface area contributed by atoms with Crippen molar-refractivity contribution in [3.05, 3.63) is 34.4 Å². The van der Waals surface area contributed by atoms with Crippen molar-refractivity contribution in [1.29, 1.82) is 0 Å². The number of carbonyl (C=O) groups excluding carboxylic acids is 2. The van der Waals surface area contributed by atoms with E-state index in [0.717, 1.165) is 0 Å². The maximum Gasteiger partial charge on any atom is 0.238 e. The van der Waals surface area contributed by atoms with Gasteiger partial charge < -0.3 is 4.74 Å². The highest BCUT2D eigenvalue weighted by molar-refractivity contribution is 6.33. The van der Waals surface area contributed by atoms with Gasteiger partial charge >= 0.3 is 0 Å². The number of allylic oxidation sites excluding steroid dienone is 2. The Labute approximate surface area is 134 Å². The van der Waals surface area contributed by atoms with Gasteiger partial charge in [-0.25, -0.2) is 4.90 Å². The van der Waals surface area contributed by atoms with E-state index >= 15 is 0 Å². The number of carbonyl (C=O) groups is 2. The van der Waals surface area contributed by atoms with Crippen LogP contribution in [0.3, 0.4) is 0 Å². The number of amides is 2. The molecule has 1 saturated heterocycles. The Kier molecular flexibility index (Phi) is 3.73. The first kappa shape index (κ1) is 15.1. The molecule has 0 radical (unpaired) electrons. The van der Waals surface area contributed by atoms with Crippen LogP contribution in [0.1, 0.15) is 26.7 Å². The molecule has 5 heteroatoms. The van der Waals surface area contributed by atoms with E-state index in [2.05, 4.69) is 0 Å². The predicted octanol–water partition coefficient (Wildman–Crippen LogP) is 3.58. The molecule has 2 atom stereocenters. The van der Waals surface area contributed by atoms with Crippen molar-refractivity contribution >= 4 is 29.1 Å². The van der Waals surface area contributed by atoms with Gasteiger partial charge in [0.05, 0.1) is 29.7 Å². The molecule has 1 aromatic rings. The van der Waals surface area contributed by atoms with Gasteiger partial charge in [0.1, 0.15) is 5.75 Å². The van der Waals surface area contributed by atoms with Crippen LogP contribution in [0.2, 0.25) is 5.02 Å². The van der Waals surface area contributed by atoms with Gasteiger partial charge in [-0.2, -0.15) is 0 Å². The first-order chi connectivity index (χ1) is 10.4. The summed E-state index contributed by atoms with van der Waals surface area (Å²) in [5.74, 6) is -0.199. The Bertz CT molecular complexity index is 663. The maximum atomic E-state index is 12.7. The third-order valence-corrected chi connectivity index (χ3v) is 5.03. The molecule has 3 rings (SSSR count). The Morgan fingerprint density at radius 2 is 1.64 bits per heavy atom. The molecule has 0 unspecified atom stereocenters. The van der Waals surface area contributed by atoms with Gasteiger partial charge in [0, 0.05) is 0 Å². The van der Waals surface area contributed by atoms with Crippen molar-refractivity contribution in [3.63, 3.8) is 0 Å². The lowest BCUT2D eigenvalue weighted by Gasteiger charge is -2.23. The van der Waals surface area contributed by atoms with Crippen LogP contribution in [0.4, 0.5) is 5.69 Å². The molecular formula is C17H18ClNO3. The van der Waals surface area contributed by atoms with Gasteiger partial charge in [-0.15, -0.1) is 0 Å². The lowest BCUT2D eigenvalue weighted by molar-refractivity contribution is -0.122. The Morgan fingerprint density at radius 1 is 1.09 bits per heavy atom. The minimum absolute atomic E-state index is 0.122. The molecule has 1 aliphatic carbocycles. The normalized spacial score (nSPS) is 24.8. The molecule has 1 aromatic carbocycles. The van der Waals surface area contributed by atoms with Crippen LogP contribution >= 0.6 is 11.6 Å². The second-order valence-electron chi connectivity index (χ2n) is 6.01. The Morgan fingerprint density at radius 3 is 2.09 bits per heavy atom. The zero-order chi connectivity index (χ0) is 16.0. The zero-order valence-corrected chi connectivity index (χ0v) is 13.6. The lowest BCUT2D eigenvalue weighted by atomic mass is 9.78. The van der Waals surface area contributed by atoms with E-state index in [4.69, 9.17) is 16.3 Å². The van der Waals surface area contributed by atoms with Crippen LogP contribution < -0.4 is 9.64 Å². The second kappa shape index (κ2) is 5.43. The van der Waals surface area contributed by atoms with E-state index in [1.807, 2.05) is 13.8 Å². The summed E-state index contributed by atoms with van der Waals surface area (Å²) in [5, 5.41) is 0.390. The summed E-state index contributed by atoms with van der Waals surface area (Å²) < 4.78 is 5.11. The Hall–Kier alpha value is -1.81. The van der Waals surface area contributed by atoms with E-state index in [1.54, 1.807) is 18.2 Å². The number of benzene rings is 1. The molecule has 0 bridgehead atoms. The number of rotatable bonds is 2. The molecule has 116 valence electrons. The quantitative estimate of drug-likeness (QED) is 0.618. The molecule has 0 spiro atoms. The highest BCUT2D eigenvalue weighted by Crippen LogP contribution is 2.43. The Balaban J connectivity index is 1.96. The fourth-order valence-corrected chi connectivity index (χ4v) is 3.55. The summed E-state index contributed by atoms with van der Waals surface area (Å²) in [6.07, 6.45) is 1.34. The van der Waals surface area contributed by atoms with Crippen molar-refractivity contribution in [2.24, 2.45) is 11.8 Å². The van der Waals surface area contributed by atoms with Gasteiger partial charge in [0.25, 0.3) is 0 Å². The number of methoxy groups -OCH3 is 1. The first-order valence-corrected chi connectivity index (χ1v) is 7.68. The first-order valence-electron chi connectivity index (χ1n) is 7.30. The van der Waals surface area contributed by atoms with Gasteiger partial charge in [-0.05, 0) is 44.9 Å². The van der Waals surface area contributed by atoms with E-state index in [9.17, 15) is 9.59 Å².